The van der Waals surface area contributed by atoms with Crippen LogP contribution >= 0.6 is 31.9 Å². The molecule has 0 heterocycles. The SMILES string of the molecule is NC(/C1=C/CCCCCC1)c1ccc(Br)cc1Br. The Bertz CT molecular complexity index is 440. The van der Waals surface area contributed by atoms with Gasteiger partial charge in [-0.1, -0.05) is 62.4 Å². The Kier molecular flexibility index (Phi) is 5.46. The van der Waals surface area contributed by atoms with Crippen LogP contribution in [0.1, 0.15) is 50.1 Å². The van der Waals surface area contributed by atoms with Crippen LogP contribution in [0.2, 0.25) is 0 Å². The summed E-state index contributed by atoms with van der Waals surface area (Å²) in [5.74, 6) is 0. The fourth-order valence-corrected chi connectivity index (χ4v) is 3.75. The lowest BCUT2D eigenvalue weighted by molar-refractivity contribution is 0.602. The lowest BCUT2D eigenvalue weighted by atomic mass is 9.91. The first-order valence-electron chi connectivity index (χ1n) is 6.58. The van der Waals surface area contributed by atoms with Crippen LogP contribution in [0.25, 0.3) is 0 Å². The first kappa shape index (κ1) is 14.3. The summed E-state index contributed by atoms with van der Waals surface area (Å²) in [4.78, 5) is 0. The van der Waals surface area contributed by atoms with Gasteiger partial charge >= 0.3 is 0 Å². The Labute approximate surface area is 126 Å². The molecule has 1 unspecified atom stereocenters. The molecule has 1 nitrogen and oxygen atoms in total. The minimum Gasteiger partial charge on any atom is -0.321 e. The standard InChI is InChI=1S/C15H19Br2N/c16-12-8-9-13(14(17)10-12)15(18)11-6-4-2-1-3-5-7-11/h6,8-10,15H,1-5,7,18H2/b11-6+. The van der Waals surface area contributed by atoms with Gasteiger partial charge in [0.1, 0.15) is 0 Å². The predicted molar refractivity (Wildman–Crippen MR) is 84.6 cm³/mol. The fraction of sp³-hybridized carbons (Fsp3) is 0.467. The molecule has 0 spiro atoms. The van der Waals surface area contributed by atoms with Crippen LogP contribution in [0.15, 0.2) is 38.8 Å². The zero-order valence-electron chi connectivity index (χ0n) is 10.5. The maximum atomic E-state index is 6.43. The molecule has 0 saturated carbocycles. The summed E-state index contributed by atoms with van der Waals surface area (Å²) >= 11 is 7.09. The molecule has 0 amide bonds. The maximum absolute atomic E-state index is 6.43. The van der Waals surface area contributed by atoms with Crippen LogP contribution in [0.3, 0.4) is 0 Å². The molecule has 1 atom stereocenters. The van der Waals surface area contributed by atoms with E-state index in [-0.39, 0.29) is 6.04 Å². The second-order valence-electron chi connectivity index (χ2n) is 4.88. The second-order valence-corrected chi connectivity index (χ2v) is 6.65. The van der Waals surface area contributed by atoms with E-state index >= 15 is 0 Å². The topological polar surface area (TPSA) is 26.0 Å². The Balaban J connectivity index is 2.20. The van der Waals surface area contributed by atoms with E-state index < -0.39 is 0 Å². The van der Waals surface area contributed by atoms with Crippen molar-refractivity contribution in [2.45, 2.75) is 44.6 Å². The average molecular weight is 373 g/mol. The lowest BCUT2D eigenvalue weighted by Gasteiger charge is -2.20. The summed E-state index contributed by atoms with van der Waals surface area (Å²) in [6.07, 6.45) is 9.96. The van der Waals surface area contributed by atoms with Crippen LogP contribution in [-0.4, -0.2) is 0 Å². The summed E-state index contributed by atoms with van der Waals surface area (Å²) in [7, 11) is 0. The third-order valence-electron chi connectivity index (χ3n) is 3.52. The summed E-state index contributed by atoms with van der Waals surface area (Å²) in [6, 6.07) is 6.27. The third kappa shape index (κ3) is 3.69. The van der Waals surface area contributed by atoms with Gasteiger partial charge in [0.05, 0.1) is 6.04 Å². The maximum Gasteiger partial charge on any atom is 0.0522 e. The number of nitrogens with two attached hydrogens (primary N) is 1. The summed E-state index contributed by atoms with van der Waals surface area (Å²) in [5, 5.41) is 0. The molecule has 0 aliphatic heterocycles. The van der Waals surface area contributed by atoms with Crippen LogP contribution < -0.4 is 5.73 Å². The molecular weight excluding hydrogens is 354 g/mol. The van der Waals surface area contributed by atoms with E-state index in [1.165, 1.54) is 43.2 Å². The van der Waals surface area contributed by atoms with E-state index in [2.05, 4.69) is 56.1 Å². The highest BCUT2D eigenvalue weighted by atomic mass is 79.9. The van der Waals surface area contributed by atoms with Gasteiger partial charge in [-0.25, -0.2) is 0 Å². The predicted octanol–water partition coefficient (Wildman–Crippen LogP) is 5.49. The van der Waals surface area contributed by atoms with Crippen molar-refractivity contribution in [1.82, 2.24) is 0 Å². The molecule has 1 aliphatic rings. The van der Waals surface area contributed by atoms with Crippen molar-refractivity contribution in [2.75, 3.05) is 0 Å². The van der Waals surface area contributed by atoms with Gasteiger partial charge in [0.15, 0.2) is 0 Å². The van der Waals surface area contributed by atoms with Gasteiger partial charge in [0, 0.05) is 8.95 Å². The molecule has 0 radical (unpaired) electrons. The van der Waals surface area contributed by atoms with Gasteiger partial charge in [-0.3, -0.25) is 0 Å². The highest BCUT2D eigenvalue weighted by molar-refractivity contribution is 9.11. The molecule has 2 N–H and O–H groups in total. The highest BCUT2D eigenvalue weighted by Gasteiger charge is 2.15. The Morgan fingerprint density at radius 1 is 1.06 bits per heavy atom. The lowest BCUT2D eigenvalue weighted by Crippen LogP contribution is -2.14. The van der Waals surface area contributed by atoms with Crippen LogP contribution in [0, 0.1) is 0 Å². The Morgan fingerprint density at radius 3 is 2.61 bits per heavy atom. The number of halogens is 2. The number of benzene rings is 1. The Hall–Kier alpha value is -0.120. The van der Waals surface area contributed by atoms with Crippen molar-refractivity contribution >= 4 is 31.9 Å². The molecule has 1 aromatic rings. The van der Waals surface area contributed by atoms with Crippen molar-refractivity contribution in [1.29, 1.82) is 0 Å². The Morgan fingerprint density at radius 2 is 1.83 bits per heavy atom. The smallest absolute Gasteiger partial charge is 0.0522 e. The molecule has 0 aromatic heterocycles. The van der Waals surface area contributed by atoms with E-state index in [9.17, 15) is 0 Å². The summed E-state index contributed by atoms with van der Waals surface area (Å²) < 4.78 is 2.17. The van der Waals surface area contributed by atoms with E-state index in [4.69, 9.17) is 5.73 Å². The molecule has 0 saturated heterocycles. The zero-order valence-corrected chi connectivity index (χ0v) is 13.6. The average Bonchev–Trinajstić information content (AvgIpc) is 2.27. The van der Waals surface area contributed by atoms with Crippen LogP contribution in [0.5, 0.6) is 0 Å². The molecule has 1 aliphatic carbocycles. The van der Waals surface area contributed by atoms with Crippen molar-refractivity contribution in [3.63, 3.8) is 0 Å². The molecule has 2 rings (SSSR count). The number of hydrogen-bond donors (Lipinski definition) is 1. The number of allylic oxidation sites excluding steroid dienone is 1. The number of hydrogen-bond acceptors (Lipinski definition) is 1. The third-order valence-corrected chi connectivity index (χ3v) is 4.70. The molecule has 18 heavy (non-hydrogen) atoms. The normalized spacial score (nSPS) is 21.6. The molecular formula is C15H19Br2N. The zero-order chi connectivity index (χ0) is 13.0. The van der Waals surface area contributed by atoms with E-state index in [0.717, 1.165) is 15.4 Å². The van der Waals surface area contributed by atoms with Crippen LogP contribution in [0.4, 0.5) is 0 Å². The van der Waals surface area contributed by atoms with E-state index in [0.29, 0.717) is 0 Å². The van der Waals surface area contributed by atoms with E-state index in [1.807, 2.05) is 0 Å². The molecule has 0 bridgehead atoms. The van der Waals surface area contributed by atoms with E-state index in [1.54, 1.807) is 0 Å². The van der Waals surface area contributed by atoms with Gasteiger partial charge in [0.2, 0.25) is 0 Å². The fourth-order valence-electron chi connectivity index (χ4n) is 2.45. The van der Waals surface area contributed by atoms with Crippen molar-refractivity contribution in [3.8, 4) is 0 Å². The van der Waals surface area contributed by atoms with Gasteiger partial charge in [-0.05, 0) is 43.4 Å². The quantitative estimate of drug-likeness (QED) is 0.682. The van der Waals surface area contributed by atoms with Gasteiger partial charge < -0.3 is 5.73 Å². The molecule has 3 heteroatoms. The van der Waals surface area contributed by atoms with Crippen molar-refractivity contribution in [3.05, 3.63) is 44.4 Å². The highest BCUT2D eigenvalue weighted by Crippen LogP contribution is 2.32. The van der Waals surface area contributed by atoms with Gasteiger partial charge in [-0.2, -0.15) is 0 Å². The number of rotatable bonds is 2. The van der Waals surface area contributed by atoms with Crippen LogP contribution in [-0.2, 0) is 0 Å². The van der Waals surface area contributed by atoms with Crippen molar-refractivity contribution < 1.29 is 0 Å². The second kappa shape index (κ2) is 6.88. The molecule has 1 aromatic carbocycles. The minimum absolute atomic E-state index is 0.0329. The first-order chi connectivity index (χ1) is 8.68. The first-order valence-corrected chi connectivity index (χ1v) is 8.16. The minimum atomic E-state index is 0.0329. The van der Waals surface area contributed by atoms with Gasteiger partial charge in [0.25, 0.3) is 0 Å². The molecule has 0 fully saturated rings. The monoisotopic (exact) mass is 371 g/mol. The summed E-state index contributed by atoms with van der Waals surface area (Å²) in [5.41, 5.74) is 9.01. The van der Waals surface area contributed by atoms with Gasteiger partial charge in [-0.15, -0.1) is 0 Å². The molecule has 98 valence electrons. The van der Waals surface area contributed by atoms with Crippen molar-refractivity contribution in [2.24, 2.45) is 5.73 Å². The largest absolute Gasteiger partial charge is 0.321 e. The summed E-state index contributed by atoms with van der Waals surface area (Å²) in [6.45, 7) is 0.